The summed E-state index contributed by atoms with van der Waals surface area (Å²) in [5.74, 6) is -2.53. The van der Waals surface area contributed by atoms with Crippen LogP contribution in [0.5, 0.6) is 0 Å². The van der Waals surface area contributed by atoms with Gasteiger partial charge in [-0.25, -0.2) is 0 Å². The van der Waals surface area contributed by atoms with Gasteiger partial charge in [0.05, 0.1) is 0 Å². The van der Waals surface area contributed by atoms with E-state index in [-0.39, 0.29) is 6.61 Å². The number of carbonyl (C=O) groups excluding carboxylic acids is 4. The number of benzene rings is 1. The maximum absolute atomic E-state index is 11.8. The smallest absolute Gasteiger partial charge is 0.303 e. The second kappa shape index (κ2) is 11.3. The Hall–Kier alpha value is -3.20. The van der Waals surface area contributed by atoms with Gasteiger partial charge in [0.1, 0.15) is 18.8 Å². The molecule has 0 saturated carbocycles. The van der Waals surface area contributed by atoms with Gasteiger partial charge in [-0.15, -0.1) is 0 Å². The van der Waals surface area contributed by atoms with Gasteiger partial charge < -0.3 is 23.7 Å². The van der Waals surface area contributed by atoms with E-state index >= 15 is 0 Å². The van der Waals surface area contributed by atoms with Gasteiger partial charge in [0.2, 0.25) is 0 Å². The standard InChI is InChI=1S/C22H26O9/c1-13(23)27-12-19-21(29-15(3)25)22(30-16(4)26)20(28-14(2)24)18(31-19)11-10-17-8-6-5-7-9-17/h5-11,18-22H,12H2,1-4H3/b11-10+/t18-,19-,20+,21+,22-/m1/s1. The number of hydrogen-bond acceptors (Lipinski definition) is 9. The molecule has 0 aliphatic carbocycles. The maximum atomic E-state index is 11.8. The molecule has 9 nitrogen and oxygen atoms in total. The van der Waals surface area contributed by atoms with Crippen LogP contribution in [0.25, 0.3) is 6.08 Å². The van der Waals surface area contributed by atoms with E-state index < -0.39 is 54.4 Å². The van der Waals surface area contributed by atoms with Gasteiger partial charge in [-0.3, -0.25) is 19.2 Å². The van der Waals surface area contributed by atoms with Crippen LogP contribution in [0.2, 0.25) is 0 Å². The molecule has 0 bridgehead atoms. The fraction of sp³-hybridized carbons (Fsp3) is 0.455. The molecule has 0 aromatic heterocycles. The highest BCUT2D eigenvalue weighted by Crippen LogP contribution is 2.30. The first-order valence-electron chi connectivity index (χ1n) is 9.71. The molecule has 0 N–H and O–H groups in total. The monoisotopic (exact) mass is 434 g/mol. The summed E-state index contributed by atoms with van der Waals surface area (Å²) in [5, 5.41) is 0. The lowest BCUT2D eigenvalue weighted by Gasteiger charge is -2.43. The van der Waals surface area contributed by atoms with Crippen molar-refractivity contribution in [2.45, 2.75) is 58.2 Å². The maximum Gasteiger partial charge on any atom is 0.303 e. The SMILES string of the molecule is CC(=O)OC[C@H]1O[C@H](/C=C/c2ccccc2)[C@H](OC(C)=O)[C@@H](OC(C)=O)[C@H]1OC(C)=O. The fourth-order valence-electron chi connectivity index (χ4n) is 3.19. The Morgan fingerprint density at radius 1 is 0.806 bits per heavy atom. The third-order valence-corrected chi connectivity index (χ3v) is 4.30. The van der Waals surface area contributed by atoms with E-state index in [0.717, 1.165) is 5.56 Å². The Morgan fingerprint density at radius 2 is 1.35 bits per heavy atom. The summed E-state index contributed by atoms with van der Waals surface area (Å²) in [6.07, 6.45) is -1.88. The van der Waals surface area contributed by atoms with Crippen molar-refractivity contribution in [1.29, 1.82) is 0 Å². The summed E-state index contributed by atoms with van der Waals surface area (Å²) >= 11 is 0. The molecule has 1 aromatic rings. The molecule has 0 unspecified atom stereocenters. The average Bonchev–Trinajstić information content (AvgIpc) is 2.68. The van der Waals surface area contributed by atoms with Crippen molar-refractivity contribution in [3.63, 3.8) is 0 Å². The van der Waals surface area contributed by atoms with Gasteiger partial charge in [-0.05, 0) is 5.56 Å². The topological polar surface area (TPSA) is 114 Å². The lowest BCUT2D eigenvalue weighted by molar-refractivity contribution is -0.244. The molecule has 1 heterocycles. The number of carbonyl (C=O) groups is 4. The minimum atomic E-state index is -1.18. The van der Waals surface area contributed by atoms with Crippen LogP contribution in [0.15, 0.2) is 36.4 Å². The van der Waals surface area contributed by atoms with Crippen LogP contribution < -0.4 is 0 Å². The highest BCUT2D eigenvalue weighted by atomic mass is 16.7. The number of hydrogen-bond donors (Lipinski definition) is 0. The third-order valence-electron chi connectivity index (χ3n) is 4.30. The average molecular weight is 434 g/mol. The summed E-state index contributed by atoms with van der Waals surface area (Å²) in [4.78, 5) is 46.6. The van der Waals surface area contributed by atoms with E-state index in [1.54, 1.807) is 12.2 Å². The first kappa shape index (κ1) is 24.1. The Labute approximate surface area is 180 Å². The first-order valence-corrected chi connectivity index (χ1v) is 9.71. The van der Waals surface area contributed by atoms with Crippen LogP contribution in [0, 0.1) is 0 Å². The Morgan fingerprint density at radius 3 is 1.90 bits per heavy atom. The molecule has 1 saturated heterocycles. The van der Waals surface area contributed by atoms with Crippen LogP contribution in [-0.2, 0) is 42.9 Å². The van der Waals surface area contributed by atoms with Gasteiger partial charge in [0.25, 0.3) is 0 Å². The largest absolute Gasteiger partial charge is 0.463 e. The molecule has 1 aromatic carbocycles. The van der Waals surface area contributed by atoms with Crippen molar-refractivity contribution in [3.8, 4) is 0 Å². The number of esters is 4. The van der Waals surface area contributed by atoms with Crippen LogP contribution >= 0.6 is 0 Å². The first-order chi connectivity index (χ1) is 14.7. The van der Waals surface area contributed by atoms with Crippen molar-refractivity contribution in [2.24, 2.45) is 0 Å². The van der Waals surface area contributed by atoms with Gasteiger partial charge in [-0.1, -0.05) is 42.5 Å². The molecule has 0 amide bonds. The summed E-state index contributed by atoms with van der Waals surface area (Å²) in [6.45, 7) is 4.53. The van der Waals surface area contributed by atoms with Crippen molar-refractivity contribution < 1.29 is 42.9 Å². The molecule has 168 valence electrons. The second-order valence-electron chi connectivity index (χ2n) is 6.93. The molecule has 1 aliphatic heterocycles. The predicted octanol–water partition coefficient (Wildman–Crippen LogP) is 1.83. The van der Waals surface area contributed by atoms with Crippen LogP contribution in [0.4, 0.5) is 0 Å². The lowest BCUT2D eigenvalue weighted by Crippen LogP contribution is -2.61. The summed E-state index contributed by atoms with van der Waals surface area (Å²) < 4.78 is 27.1. The summed E-state index contributed by atoms with van der Waals surface area (Å²) in [7, 11) is 0. The third kappa shape index (κ3) is 7.53. The van der Waals surface area contributed by atoms with Gasteiger partial charge in [-0.2, -0.15) is 0 Å². The van der Waals surface area contributed by atoms with E-state index in [1.165, 1.54) is 27.7 Å². The van der Waals surface area contributed by atoms with Crippen LogP contribution in [-0.4, -0.2) is 61.0 Å². The zero-order valence-corrected chi connectivity index (χ0v) is 17.8. The minimum Gasteiger partial charge on any atom is -0.463 e. The molecular formula is C22H26O9. The lowest BCUT2D eigenvalue weighted by atomic mass is 9.93. The van der Waals surface area contributed by atoms with Gasteiger partial charge in [0, 0.05) is 27.7 Å². The van der Waals surface area contributed by atoms with Crippen molar-refractivity contribution in [3.05, 3.63) is 42.0 Å². The second-order valence-corrected chi connectivity index (χ2v) is 6.93. The Bertz CT molecular complexity index is 818. The van der Waals surface area contributed by atoms with E-state index in [0.29, 0.717) is 0 Å². The van der Waals surface area contributed by atoms with Crippen molar-refractivity contribution in [1.82, 2.24) is 0 Å². The molecule has 5 atom stereocenters. The molecule has 31 heavy (non-hydrogen) atoms. The van der Waals surface area contributed by atoms with E-state index in [1.807, 2.05) is 30.3 Å². The van der Waals surface area contributed by atoms with Crippen molar-refractivity contribution in [2.75, 3.05) is 6.61 Å². The molecule has 2 rings (SSSR count). The number of ether oxygens (including phenoxy) is 5. The normalized spacial score (nSPS) is 25.5. The molecule has 9 heteroatoms. The summed E-state index contributed by atoms with van der Waals surface area (Å²) in [6, 6.07) is 9.30. The van der Waals surface area contributed by atoms with Gasteiger partial charge >= 0.3 is 23.9 Å². The van der Waals surface area contributed by atoms with Gasteiger partial charge in [0.15, 0.2) is 18.3 Å². The van der Waals surface area contributed by atoms with E-state index in [2.05, 4.69) is 0 Å². The van der Waals surface area contributed by atoms with Crippen LogP contribution in [0.3, 0.4) is 0 Å². The Kier molecular flexibility index (Phi) is 8.75. The number of rotatable bonds is 7. The predicted molar refractivity (Wildman–Crippen MR) is 107 cm³/mol. The molecule has 0 radical (unpaired) electrons. The quantitative estimate of drug-likeness (QED) is 0.468. The highest BCUT2D eigenvalue weighted by Gasteiger charge is 2.51. The molecule has 1 aliphatic rings. The molecule has 0 spiro atoms. The zero-order valence-electron chi connectivity index (χ0n) is 17.8. The van der Waals surface area contributed by atoms with E-state index in [4.69, 9.17) is 23.7 Å². The minimum absolute atomic E-state index is 0.256. The fourth-order valence-corrected chi connectivity index (χ4v) is 3.19. The Balaban J connectivity index is 2.43. The molecular weight excluding hydrogens is 408 g/mol. The van der Waals surface area contributed by atoms with Crippen LogP contribution in [0.1, 0.15) is 33.3 Å². The van der Waals surface area contributed by atoms with Crippen molar-refractivity contribution >= 4 is 30.0 Å². The summed E-state index contributed by atoms with van der Waals surface area (Å²) in [5.41, 5.74) is 0.857. The zero-order chi connectivity index (χ0) is 23.0. The highest BCUT2D eigenvalue weighted by molar-refractivity contribution is 5.69. The van der Waals surface area contributed by atoms with E-state index in [9.17, 15) is 19.2 Å². The molecule has 1 fully saturated rings.